The van der Waals surface area contributed by atoms with Crippen molar-refractivity contribution in [1.29, 1.82) is 0 Å². The van der Waals surface area contributed by atoms with Crippen LogP contribution in [0.3, 0.4) is 0 Å². The Hall–Kier alpha value is -2.67. The summed E-state index contributed by atoms with van der Waals surface area (Å²) in [5, 5.41) is 11.1. The van der Waals surface area contributed by atoms with Crippen LogP contribution in [-0.4, -0.2) is 26.2 Å². The molecule has 0 unspecified atom stereocenters. The third kappa shape index (κ3) is 4.26. The van der Waals surface area contributed by atoms with Gasteiger partial charge in [0.05, 0.1) is 41.3 Å². The number of benzene rings is 2. The molecule has 1 aromatic heterocycles. The third-order valence-electron chi connectivity index (χ3n) is 5.41. The van der Waals surface area contributed by atoms with E-state index in [-0.39, 0.29) is 15.7 Å². The Morgan fingerprint density at radius 3 is 2.33 bits per heavy atom. The maximum Gasteiger partial charge on any atom is 0.203 e. The first-order chi connectivity index (χ1) is 14.6. The summed E-state index contributed by atoms with van der Waals surface area (Å²) in [6.45, 7) is 0.761. The molecule has 0 saturated heterocycles. The number of hydrogen-bond donors (Lipinski definition) is 1. The van der Waals surface area contributed by atoms with E-state index in [1.165, 1.54) is 6.26 Å². The first-order valence-corrected chi connectivity index (χ1v) is 11.4. The molecule has 0 radical (unpaired) electrons. The van der Waals surface area contributed by atoms with E-state index >= 15 is 0 Å². The quantitative estimate of drug-likeness (QED) is 0.611. The van der Waals surface area contributed by atoms with Crippen molar-refractivity contribution in [1.82, 2.24) is 0 Å². The highest BCUT2D eigenvalue weighted by molar-refractivity contribution is 7.95. The van der Waals surface area contributed by atoms with Crippen LogP contribution in [0, 0.1) is 5.92 Å². The lowest BCUT2D eigenvalue weighted by Crippen LogP contribution is -2.36. The van der Waals surface area contributed by atoms with E-state index in [9.17, 15) is 13.5 Å². The molecule has 1 N–H and O–H groups in total. The summed E-state index contributed by atoms with van der Waals surface area (Å²) in [4.78, 5) is 0.384. The van der Waals surface area contributed by atoms with Gasteiger partial charge >= 0.3 is 0 Å². The Labute approximate surface area is 176 Å². The van der Waals surface area contributed by atoms with Crippen LogP contribution < -0.4 is 0 Å². The van der Waals surface area contributed by atoms with Gasteiger partial charge < -0.3 is 14.3 Å². The number of allylic oxidation sites excluding steroid dienone is 1. The second kappa shape index (κ2) is 9.00. The van der Waals surface area contributed by atoms with E-state index in [0.717, 1.165) is 5.56 Å². The van der Waals surface area contributed by atoms with Crippen molar-refractivity contribution >= 4 is 9.84 Å². The van der Waals surface area contributed by atoms with Gasteiger partial charge in [-0.15, -0.1) is 0 Å². The van der Waals surface area contributed by atoms with Gasteiger partial charge in [-0.05, 0) is 36.2 Å². The van der Waals surface area contributed by atoms with Crippen molar-refractivity contribution in [2.45, 2.75) is 29.9 Å². The minimum absolute atomic E-state index is 0.176. The van der Waals surface area contributed by atoms with E-state index in [2.05, 4.69) is 0 Å². The zero-order valence-corrected chi connectivity index (χ0v) is 17.2. The molecule has 0 spiro atoms. The summed E-state index contributed by atoms with van der Waals surface area (Å²) in [5.41, 5.74) is 1.05. The topological polar surface area (TPSA) is 76.7 Å². The zero-order valence-electron chi connectivity index (χ0n) is 16.4. The average Bonchev–Trinajstić information content (AvgIpc) is 3.30. The third-order valence-corrected chi connectivity index (χ3v) is 7.34. The summed E-state index contributed by atoms with van der Waals surface area (Å²) >= 11 is 0. The number of hydrogen-bond acceptors (Lipinski definition) is 5. The Morgan fingerprint density at radius 1 is 0.967 bits per heavy atom. The maximum atomic E-state index is 13.3. The molecule has 4 rings (SSSR count). The van der Waals surface area contributed by atoms with Crippen molar-refractivity contribution in [3.63, 3.8) is 0 Å². The zero-order chi connectivity index (χ0) is 21.0. The van der Waals surface area contributed by atoms with Gasteiger partial charge in [-0.25, -0.2) is 8.42 Å². The lowest BCUT2D eigenvalue weighted by molar-refractivity contribution is 0.00877. The fourth-order valence-corrected chi connectivity index (χ4v) is 5.53. The molecule has 2 aromatic carbocycles. The number of aliphatic hydroxyl groups is 1. The van der Waals surface area contributed by atoms with E-state index in [1.807, 2.05) is 30.3 Å². The Kier molecular flexibility index (Phi) is 6.18. The smallest absolute Gasteiger partial charge is 0.203 e. The van der Waals surface area contributed by atoms with E-state index < -0.39 is 21.9 Å². The van der Waals surface area contributed by atoms with Crippen molar-refractivity contribution in [2.24, 2.45) is 5.92 Å². The van der Waals surface area contributed by atoms with Crippen molar-refractivity contribution in [3.8, 4) is 0 Å². The van der Waals surface area contributed by atoms with Crippen LogP contribution in [0.2, 0.25) is 0 Å². The van der Waals surface area contributed by atoms with Crippen LogP contribution >= 0.6 is 0 Å². The van der Waals surface area contributed by atoms with E-state index in [4.69, 9.17) is 9.15 Å². The fraction of sp³-hybridized carbons (Fsp3) is 0.250. The molecule has 0 fully saturated rings. The van der Waals surface area contributed by atoms with Gasteiger partial charge in [0.25, 0.3) is 0 Å². The van der Waals surface area contributed by atoms with E-state index in [0.29, 0.717) is 25.4 Å². The number of rotatable bonds is 7. The lowest BCUT2D eigenvalue weighted by Gasteiger charge is -2.33. The Balaban J connectivity index is 1.58. The molecule has 6 heteroatoms. The summed E-state index contributed by atoms with van der Waals surface area (Å²) in [5.74, 6) is -0.580. The average molecular weight is 425 g/mol. The highest BCUT2D eigenvalue weighted by atomic mass is 32.2. The van der Waals surface area contributed by atoms with Gasteiger partial charge in [0.15, 0.2) is 0 Å². The molecule has 156 valence electrons. The highest BCUT2D eigenvalue weighted by Gasteiger charge is 2.42. The second-order valence-electron chi connectivity index (χ2n) is 7.40. The van der Waals surface area contributed by atoms with Crippen LogP contribution in [0.15, 0.2) is 99.4 Å². The summed E-state index contributed by atoms with van der Waals surface area (Å²) in [6, 6.07) is 21.5. The first kappa shape index (κ1) is 20.6. The molecular weight excluding hydrogens is 400 g/mol. The molecule has 0 amide bonds. The van der Waals surface area contributed by atoms with Crippen molar-refractivity contribution < 1.29 is 22.7 Å². The minimum atomic E-state index is -3.76. The Morgan fingerprint density at radius 2 is 1.67 bits per heavy atom. The van der Waals surface area contributed by atoms with Crippen LogP contribution in [0.25, 0.3) is 0 Å². The van der Waals surface area contributed by atoms with Gasteiger partial charge in [0, 0.05) is 5.92 Å². The van der Waals surface area contributed by atoms with Crippen LogP contribution in [0.1, 0.15) is 23.7 Å². The standard InChI is InChI=1S/C24H24O5S/c25-24-19(17-28-16-18-8-3-1-4-9-18)13-14-22(23(24)21-12-7-15-29-21)30(26,27)20-10-5-2-6-11-20/h1-12,14-15,19,23-25H,13,16-17H2/t19-,23+,24-/m0/s1. The molecule has 1 heterocycles. The van der Waals surface area contributed by atoms with Crippen LogP contribution in [0.5, 0.6) is 0 Å². The van der Waals surface area contributed by atoms with Gasteiger partial charge in [-0.1, -0.05) is 54.6 Å². The van der Waals surface area contributed by atoms with Crippen molar-refractivity contribution in [2.75, 3.05) is 6.61 Å². The predicted octanol–water partition coefficient (Wildman–Crippen LogP) is 4.32. The van der Waals surface area contributed by atoms with Gasteiger partial charge in [-0.2, -0.15) is 0 Å². The normalized spacial score (nSPS) is 21.9. The molecule has 1 aliphatic rings. The lowest BCUT2D eigenvalue weighted by atomic mass is 9.82. The van der Waals surface area contributed by atoms with Crippen LogP contribution in [-0.2, 0) is 21.2 Å². The van der Waals surface area contributed by atoms with Crippen LogP contribution in [0.4, 0.5) is 0 Å². The molecule has 30 heavy (non-hydrogen) atoms. The first-order valence-electron chi connectivity index (χ1n) is 9.90. The molecule has 3 atom stereocenters. The largest absolute Gasteiger partial charge is 0.469 e. The Bertz CT molecular complexity index is 1070. The molecule has 1 aliphatic carbocycles. The molecular formula is C24H24O5S. The van der Waals surface area contributed by atoms with E-state index in [1.54, 1.807) is 48.5 Å². The monoisotopic (exact) mass is 424 g/mol. The van der Waals surface area contributed by atoms with Gasteiger partial charge in [0.1, 0.15) is 5.76 Å². The fourth-order valence-electron chi connectivity index (χ4n) is 3.83. The minimum Gasteiger partial charge on any atom is -0.469 e. The number of furan rings is 1. The summed E-state index contributed by atoms with van der Waals surface area (Å²) in [6.07, 6.45) is 2.67. The molecule has 3 aromatic rings. The number of aliphatic hydroxyl groups excluding tert-OH is 1. The van der Waals surface area contributed by atoms with Crippen molar-refractivity contribution in [3.05, 3.63) is 101 Å². The SMILES string of the molecule is O=S(=O)(C1=CC[C@@H](COCc2ccccc2)[C@H](O)[C@@H]1c1ccco1)c1ccccc1. The summed E-state index contributed by atoms with van der Waals surface area (Å²) < 4.78 is 37.9. The number of sulfone groups is 1. The second-order valence-corrected chi connectivity index (χ2v) is 9.35. The molecule has 0 saturated carbocycles. The van der Waals surface area contributed by atoms with Gasteiger partial charge in [0.2, 0.25) is 9.84 Å². The molecule has 5 nitrogen and oxygen atoms in total. The molecule has 0 aliphatic heterocycles. The highest BCUT2D eigenvalue weighted by Crippen LogP contribution is 2.42. The van der Waals surface area contributed by atoms with Gasteiger partial charge in [-0.3, -0.25) is 0 Å². The maximum absolute atomic E-state index is 13.3. The predicted molar refractivity (Wildman–Crippen MR) is 113 cm³/mol. The number of ether oxygens (including phenoxy) is 1. The molecule has 0 bridgehead atoms. The summed E-state index contributed by atoms with van der Waals surface area (Å²) in [7, 11) is -3.76.